The Labute approximate surface area is 169 Å². The highest BCUT2D eigenvalue weighted by atomic mass is 35.5. The number of carboxylic acid groups (broad SMARTS) is 1. The molecule has 9 heteroatoms. The van der Waals surface area contributed by atoms with E-state index < -0.39 is 29.3 Å². The minimum atomic E-state index is -1.31. The standard InChI is InChI=1S/C20H18ClF2N3O3/c1-10(2)6-16(25-20(28)29)18-24-15-5-3-4-14(21)17(15)19(27)26(18)13-8-11(22)7-12(23)9-13/h3-5,7-10,16,25H,6H2,1-2H3,(H,28,29). The molecule has 1 aromatic heterocycles. The van der Waals surface area contributed by atoms with Gasteiger partial charge in [-0.25, -0.2) is 18.6 Å². The molecular weight excluding hydrogens is 404 g/mol. The predicted octanol–water partition coefficient (Wildman–Crippen LogP) is 4.67. The average Bonchev–Trinajstić information content (AvgIpc) is 2.59. The smallest absolute Gasteiger partial charge is 0.405 e. The Balaban J connectivity index is 2.40. The normalized spacial score (nSPS) is 12.3. The van der Waals surface area contributed by atoms with Gasteiger partial charge in [-0.05, 0) is 36.6 Å². The van der Waals surface area contributed by atoms with Crippen LogP contribution in [0.1, 0.15) is 32.1 Å². The lowest BCUT2D eigenvalue weighted by molar-refractivity contribution is 0.187. The molecule has 1 unspecified atom stereocenters. The highest BCUT2D eigenvalue weighted by molar-refractivity contribution is 6.35. The van der Waals surface area contributed by atoms with Gasteiger partial charge < -0.3 is 10.4 Å². The lowest BCUT2D eigenvalue weighted by Crippen LogP contribution is -2.34. The maximum Gasteiger partial charge on any atom is 0.405 e. The van der Waals surface area contributed by atoms with Crippen molar-refractivity contribution in [1.29, 1.82) is 0 Å². The number of carbonyl (C=O) groups is 1. The molecule has 0 radical (unpaired) electrons. The summed E-state index contributed by atoms with van der Waals surface area (Å²) < 4.78 is 28.8. The van der Waals surface area contributed by atoms with E-state index in [1.807, 2.05) is 13.8 Å². The van der Waals surface area contributed by atoms with Crippen LogP contribution in [-0.4, -0.2) is 20.8 Å². The van der Waals surface area contributed by atoms with E-state index in [1.165, 1.54) is 6.07 Å². The first-order valence-corrected chi connectivity index (χ1v) is 9.22. The number of hydrogen-bond acceptors (Lipinski definition) is 3. The van der Waals surface area contributed by atoms with Crippen LogP contribution in [0.2, 0.25) is 5.02 Å². The highest BCUT2D eigenvalue weighted by Crippen LogP contribution is 2.26. The summed E-state index contributed by atoms with van der Waals surface area (Å²) in [5, 5.41) is 11.8. The van der Waals surface area contributed by atoms with Crippen molar-refractivity contribution in [2.75, 3.05) is 0 Å². The van der Waals surface area contributed by atoms with Gasteiger partial charge in [-0.3, -0.25) is 9.36 Å². The number of hydrogen-bond donors (Lipinski definition) is 2. The van der Waals surface area contributed by atoms with Gasteiger partial charge in [-0.2, -0.15) is 0 Å². The zero-order chi connectivity index (χ0) is 21.3. The van der Waals surface area contributed by atoms with Crippen LogP contribution in [0.25, 0.3) is 16.6 Å². The average molecular weight is 422 g/mol. The Morgan fingerprint density at radius 3 is 2.48 bits per heavy atom. The zero-order valence-corrected chi connectivity index (χ0v) is 16.4. The van der Waals surface area contributed by atoms with Gasteiger partial charge in [0.25, 0.3) is 5.56 Å². The first-order chi connectivity index (χ1) is 13.7. The van der Waals surface area contributed by atoms with Crippen molar-refractivity contribution in [3.63, 3.8) is 0 Å². The second-order valence-corrected chi connectivity index (χ2v) is 7.41. The Morgan fingerprint density at radius 1 is 1.24 bits per heavy atom. The van der Waals surface area contributed by atoms with Crippen LogP contribution in [0, 0.1) is 17.6 Å². The number of fused-ring (bicyclic) bond motifs is 1. The van der Waals surface area contributed by atoms with Gasteiger partial charge in [-0.1, -0.05) is 31.5 Å². The second kappa shape index (κ2) is 8.16. The molecule has 0 bridgehead atoms. The molecule has 2 aromatic carbocycles. The summed E-state index contributed by atoms with van der Waals surface area (Å²) in [6.07, 6.45) is -1.00. The van der Waals surface area contributed by atoms with E-state index >= 15 is 0 Å². The lowest BCUT2D eigenvalue weighted by Gasteiger charge is -2.23. The molecule has 0 fully saturated rings. The Morgan fingerprint density at radius 2 is 1.90 bits per heavy atom. The summed E-state index contributed by atoms with van der Waals surface area (Å²) in [6.45, 7) is 3.75. The molecule has 0 saturated heterocycles. The number of halogens is 3. The molecule has 0 spiro atoms. The predicted molar refractivity (Wildman–Crippen MR) is 106 cm³/mol. The molecule has 1 heterocycles. The third-order valence-corrected chi connectivity index (χ3v) is 4.61. The number of nitrogens with zero attached hydrogens (tertiary/aromatic N) is 2. The maximum atomic E-state index is 13.9. The van der Waals surface area contributed by atoms with E-state index in [4.69, 9.17) is 11.6 Å². The third-order valence-electron chi connectivity index (χ3n) is 4.29. The van der Waals surface area contributed by atoms with E-state index in [0.717, 1.165) is 16.7 Å². The van der Waals surface area contributed by atoms with Crippen LogP contribution in [0.15, 0.2) is 41.2 Å². The molecule has 6 nitrogen and oxygen atoms in total. The van der Waals surface area contributed by atoms with Crippen molar-refractivity contribution in [2.45, 2.75) is 26.3 Å². The van der Waals surface area contributed by atoms with Gasteiger partial charge in [0.1, 0.15) is 17.5 Å². The number of amides is 1. The Bertz CT molecular complexity index is 1130. The fourth-order valence-electron chi connectivity index (χ4n) is 3.21. The molecule has 0 aliphatic heterocycles. The molecular formula is C20H18ClF2N3O3. The van der Waals surface area contributed by atoms with Crippen LogP contribution in [-0.2, 0) is 0 Å². The van der Waals surface area contributed by atoms with Gasteiger partial charge in [-0.15, -0.1) is 0 Å². The lowest BCUT2D eigenvalue weighted by atomic mass is 10.0. The largest absolute Gasteiger partial charge is 0.465 e. The minimum Gasteiger partial charge on any atom is -0.465 e. The summed E-state index contributed by atoms with van der Waals surface area (Å²) in [5.74, 6) is -1.71. The number of nitrogens with one attached hydrogen (secondary N) is 1. The summed E-state index contributed by atoms with van der Waals surface area (Å²) in [7, 11) is 0. The zero-order valence-electron chi connectivity index (χ0n) is 15.6. The van der Waals surface area contributed by atoms with Crippen molar-refractivity contribution in [3.8, 4) is 5.69 Å². The van der Waals surface area contributed by atoms with Crippen LogP contribution in [0.5, 0.6) is 0 Å². The first-order valence-electron chi connectivity index (χ1n) is 8.84. The topological polar surface area (TPSA) is 84.2 Å². The van der Waals surface area contributed by atoms with E-state index in [2.05, 4.69) is 10.3 Å². The SMILES string of the molecule is CC(C)CC(NC(=O)O)c1nc2cccc(Cl)c2c(=O)n1-c1cc(F)cc(F)c1. The number of rotatable bonds is 5. The van der Waals surface area contributed by atoms with Crippen LogP contribution >= 0.6 is 11.6 Å². The van der Waals surface area contributed by atoms with Gasteiger partial charge in [0.15, 0.2) is 0 Å². The molecule has 2 N–H and O–H groups in total. The van der Waals surface area contributed by atoms with Gasteiger partial charge in [0.2, 0.25) is 0 Å². The highest BCUT2D eigenvalue weighted by Gasteiger charge is 2.25. The molecule has 1 amide bonds. The van der Waals surface area contributed by atoms with E-state index in [9.17, 15) is 23.5 Å². The molecule has 152 valence electrons. The summed E-state index contributed by atoms with van der Waals surface area (Å²) in [5.41, 5.74) is -0.508. The Kier molecular flexibility index (Phi) is 5.83. The van der Waals surface area contributed by atoms with Gasteiger partial charge >= 0.3 is 6.09 Å². The van der Waals surface area contributed by atoms with Crippen molar-refractivity contribution in [1.82, 2.24) is 14.9 Å². The third kappa shape index (κ3) is 4.37. The van der Waals surface area contributed by atoms with Gasteiger partial charge in [0, 0.05) is 6.07 Å². The second-order valence-electron chi connectivity index (χ2n) is 7.00. The van der Waals surface area contributed by atoms with Crippen molar-refractivity contribution in [2.24, 2.45) is 5.92 Å². The molecule has 3 rings (SSSR count). The van der Waals surface area contributed by atoms with Crippen LogP contribution in [0.4, 0.5) is 13.6 Å². The first kappa shape index (κ1) is 20.7. The molecule has 0 aliphatic carbocycles. The van der Waals surface area contributed by atoms with E-state index in [-0.39, 0.29) is 33.4 Å². The summed E-state index contributed by atoms with van der Waals surface area (Å²) in [6, 6.07) is 6.41. The van der Waals surface area contributed by atoms with Crippen molar-refractivity contribution >= 4 is 28.6 Å². The quantitative estimate of drug-likeness (QED) is 0.627. The van der Waals surface area contributed by atoms with Crippen molar-refractivity contribution < 1.29 is 18.7 Å². The molecule has 3 aromatic rings. The number of aromatic nitrogens is 2. The fourth-order valence-corrected chi connectivity index (χ4v) is 3.46. The van der Waals surface area contributed by atoms with Gasteiger partial charge in [0.05, 0.1) is 27.7 Å². The Hall–Kier alpha value is -3.00. The fraction of sp³-hybridized carbons (Fsp3) is 0.250. The summed E-state index contributed by atoms with van der Waals surface area (Å²) >= 11 is 6.17. The molecule has 0 aliphatic rings. The maximum absolute atomic E-state index is 13.9. The monoisotopic (exact) mass is 421 g/mol. The van der Waals surface area contributed by atoms with Crippen LogP contribution in [0.3, 0.4) is 0 Å². The number of benzene rings is 2. The summed E-state index contributed by atoms with van der Waals surface area (Å²) in [4.78, 5) is 29.1. The molecule has 0 saturated carbocycles. The molecule has 29 heavy (non-hydrogen) atoms. The van der Waals surface area contributed by atoms with Crippen LogP contribution < -0.4 is 10.9 Å². The van der Waals surface area contributed by atoms with E-state index in [1.54, 1.807) is 12.1 Å². The molecule has 1 atom stereocenters. The van der Waals surface area contributed by atoms with E-state index in [0.29, 0.717) is 12.5 Å². The minimum absolute atomic E-state index is 0.0193. The van der Waals surface area contributed by atoms with Crippen molar-refractivity contribution in [3.05, 3.63) is 69.2 Å².